The first-order valence-electron chi connectivity index (χ1n) is 3.06. The van der Waals surface area contributed by atoms with E-state index in [1.165, 1.54) is 0 Å². The first kappa shape index (κ1) is 13.9. The van der Waals surface area contributed by atoms with Gasteiger partial charge in [-0.1, -0.05) is 23.1 Å². The fourth-order valence-corrected chi connectivity index (χ4v) is 1.01. The van der Waals surface area contributed by atoms with Crippen molar-refractivity contribution in [3.63, 3.8) is 0 Å². The molecule has 1 rings (SSSR count). The van der Waals surface area contributed by atoms with E-state index in [0.717, 1.165) is 12.1 Å². The van der Waals surface area contributed by atoms with Crippen LogP contribution in [0.1, 0.15) is 0 Å². The van der Waals surface area contributed by atoms with Gasteiger partial charge in [0.25, 0.3) is 0 Å². The molecule has 0 amide bonds. The zero-order valence-corrected chi connectivity index (χ0v) is 10.6. The van der Waals surface area contributed by atoms with Gasteiger partial charge in [-0.25, -0.2) is 4.39 Å². The molecule has 0 aliphatic rings. The number of rotatable bonds is 1. The van der Waals surface area contributed by atoms with E-state index in [0.29, 0.717) is 6.07 Å². The minimum Gasteiger partial charge on any atom is -0.445 e. The van der Waals surface area contributed by atoms with Crippen molar-refractivity contribution in [2.75, 3.05) is 0 Å². The van der Waals surface area contributed by atoms with Crippen molar-refractivity contribution < 1.29 is 68.7 Å². The Labute approximate surface area is 120 Å². The Morgan fingerprint density at radius 2 is 1.69 bits per heavy atom. The summed E-state index contributed by atoms with van der Waals surface area (Å²) in [5, 5.41) is -0.469. The molecule has 0 fully saturated rings. The molecule has 0 unspecified atom stereocenters. The second-order valence-corrected chi connectivity index (χ2v) is 2.65. The molecule has 0 bridgehead atoms. The zero-order valence-electron chi connectivity index (χ0n) is 6.70. The molecule has 0 N–H and O–H groups in total. The molecule has 0 aromatic heterocycles. The average molecular weight is 236 g/mol. The molecule has 13 heavy (non-hydrogen) atoms. The summed E-state index contributed by atoms with van der Waals surface area (Å²) in [7, 11) is 0. The molecule has 0 saturated heterocycles. The van der Waals surface area contributed by atoms with Gasteiger partial charge in [-0.15, -0.1) is 0 Å². The van der Waals surface area contributed by atoms with E-state index in [4.69, 9.17) is 11.6 Å². The molecular weight excluding hydrogens is 233 g/mol. The Kier molecular flexibility index (Phi) is 5.50. The first-order chi connectivity index (χ1) is 5.41. The first-order valence-corrected chi connectivity index (χ1v) is 3.44. The fourth-order valence-electron chi connectivity index (χ4n) is 0.765. The summed E-state index contributed by atoms with van der Waals surface area (Å²) in [6.45, 7) is -5.22. The summed E-state index contributed by atoms with van der Waals surface area (Å²) in [5.74, 6) is -0.936. The Morgan fingerprint density at radius 1 is 1.15 bits per heavy atom. The summed E-state index contributed by atoms with van der Waals surface area (Å²) in [4.78, 5) is 0. The van der Waals surface area contributed by atoms with Gasteiger partial charge in [0, 0.05) is 5.02 Å². The summed E-state index contributed by atoms with van der Waals surface area (Å²) in [6.07, 6.45) is 0. The van der Waals surface area contributed by atoms with Crippen LogP contribution in [-0.2, 0) is 0 Å². The molecule has 0 saturated carbocycles. The van der Waals surface area contributed by atoms with Crippen molar-refractivity contribution in [2.45, 2.75) is 0 Å². The second-order valence-electron chi connectivity index (χ2n) is 2.24. The average Bonchev–Trinajstić information content (AvgIpc) is 1.92. The maximum Gasteiger partial charge on any atom is 1.00 e. The molecule has 0 spiro atoms. The summed E-state index contributed by atoms with van der Waals surface area (Å²) < 4.78 is 48.4. The van der Waals surface area contributed by atoms with Crippen LogP contribution in [0.15, 0.2) is 18.2 Å². The fraction of sp³-hybridized carbons (Fsp3) is 0. The van der Waals surface area contributed by atoms with E-state index in [1.54, 1.807) is 0 Å². The second kappa shape index (κ2) is 5.14. The van der Waals surface area contributed by atoms with Gasteiger partial charge in [0.15, 0.2) is 0 Å². The molecule has 0 aliphatic carbocycles. The van der Waals surface area contributed by atoms with Gasteiger partial charge in [-0.3, -0.25) is 0 Å². The van der Waals surface area contributed by atoms with E-state index < -0.39 is 23.3 Å². The zero-order chi connectivity index (χ0) is 9.35. The van der Waals surface area contributed by atoms with E-state index in [2.05, 4.69) is 0 Å². The largest absolute Gasteiger partial charge is 1.00 e. The van der Waals surface area contributed by atoms with Crippen molar-refractivity contribution in [2.24, 2.45) is 0 Å². The molecule has 0 heterocycles. The predicted molar refractivity (Wildman–Crippen MR) is 40.1 cm³/mol. The standard InChI is InChI=1S/C6H3BClF4.K/c8-6-2-1-4(9)3-5(6)7(10,11)12;/h1-3H;/q-1;+1. The Bertz CT molecular complexity index is 301. The van der Waals surface area contributed by atoms with Gasteiger partial charge in [0.1, 0.15) is 5.82 Å². The molecule has 66 valence electrons. The van der Waals surface area contributed by atoms with Gasteiger partial charge in [-0.2, -0.15) is 0 Å². The van der Waals surface area contributed by atoms with Gasteiger partial charge in [0.2, 0.25) is 0 Å². The molecule has 7 heteroatoms. The Morgan fingerprint density at radius 3 is 2.08 bits per heavy atom. The van der Waals surface area contributed by atoms with E-state index in [1.807, 2.05) is 0 Å². The Hall–Kier alpha value is 0.931. The van der Waals surface area contributed by atoms with E-state index in [9.17, 15) is 17.3 Å². The van der Waals surface area contributed by atoms with Crippen LogP contribution < -0.4 is 56.8 Å². The predicted octanol–water partition coefficient (Wildman–Crippen LogP) is -0.463. The summed E-state index contributed by atoms with van der Waals surface area (Å²) in [6, 6.07) is 2.16. The number of benzene rings is 1. The van der Waals surface area contributed by atoms with Gasteiger partial charge in [-0.05, 0) is 12.1 Å². The maximum atomic E-state index is 12.3. The van der Waals surface area contributed by atoms with Crippen LogP contribution in [0.2, 0.25) is 5.02 Å². The molecule has 0 atom stereocenters. The quantitative estimate of drug-likeness (QED) is 0.457. The van der Waals surface area contributed by atoms with Crippen LogP contribution in [0.4, 0.5) is 17.3 Å². The minimum atomic E-state index is -5.22. The van der Waals surface area contributed by atoms with E-state index >= 15 is 0 Å². The third-order valence-corrected chi connectivity index (χ3v) is 1.65. The van der Waals surface area contributed by atoms with Crippen LogP contribution >= 0.6 is 11.6 Å². The van der Waals surface area contributed by atoms with Crippen molar-refractivity contribution in [1.29, 1.82) is 0 Å². The summed E-state index contributed by atoms with van der Waals surface area (Å²) >= 11 is 5.21. The van der Waals surface area contributed by atoms with Crippen LogP contribution in [0.25, 0.3) is 0 Å². The Balaban J connectivity index is 0.00000144. The van der Waals surface area contributed by atoms with Gasteiger partial charge >= 0.3 is 58.4 Å². The molecule has 0 radical (unpaired) electrons. The van der Waals surface area contributed by atoms with Gasteiger partial charge < -0.3 is 12.9 Å². The number of halogens is 5. The summed E-state index contributed by atoms with van der Waals surface area (Å²) in [5.41, 5.74) is -1.09. The topological polar surface area (TPSA) is 0 Å². The molecular formula is C6H3BClF4K. The minimum absolute atomic E-state index is 0. The van der Waals surface area contributed by atoms with E-state index in [-0.39, 0.29) is 51.4 Å². The molecule has 0 nitrogen and oxygen atoms in total. The number of hydrogen-bond donors (Lipinski definition) is 0. The third-order valence-electron chi connectivity index (χ3n) is 1.31. The van der Waals surface area contributed by atoms with Gasteiger partial charge in [0.05, 0.1) is 0 Å². The van der Waals surface area contributed by atoms with Crippen molar-refractivity contribution in [3.05, 3.63) is 29.0 Å². The van der Waals surface area contributed by atoms with Crippen LogP contribution in [0.5, 0.6) is 0 Å². The van der Waals surface area contributed by atoms with Crippen molar-refractivity contribution in [3.8, 4) is 0 Å². The van der Waals surface area contributed by atoms with Crippen LogP contribution in [0.3, 0.4) is 0 Å². The van der Waals surface area contributed by atoms with Crippen molar-refractivity contribution >= 4 is 24.0 Å². The SMILES string of the molecule is Fc1ccc(Cl)c([B-](F)(F)F)c1.[K+]. The monoisotopic (exact) mass is 236 g/mol. The third kappa shape index (κ3) is 3.89. The van der Waals surface area contributed by atoms with Crippen molar-refractivity contribution in [1.82, 2.24) is 0 Å². The molecule has 1 aromatic rings. The normalized spacial score (nSPS) is 10.8. The van der Waals surface area contributed by atoms with Crippen LogP contribution in [-0.4, -0.2) is 6.98 Å². The molecule has 0 aliphatic heterocycles. The molecule has 1 aromatic carbocycles. The van der Waals surface area contributed by atoms with Crippen LogP contribution in [0, 0.1) is 5.82 Å². The smallest absolute Gasteiger partial charge is 0.445 e. The maximum absolute atomic E-state index is 12.3. The number of hydrogen-bond acceptors (Lipinski definition) is 0.